The molecule has 2 heteroatoms. The summed E-state index contributed by atoms with van der Waals surface area (Å²) in [6.45, 7) is 6.36. The minimum Gasteiger partial charge on any atom is -0.316 e. The molecule has 1 N–H and O–H groups in total. The highest BCUT2D eigenvalue weighted by Gasteiger charge is 2.20. The van der Waals surface area contributed by atoms with Crippen LogP contribution >= 0.6 is 0 Å². The van der Waals surface area contributed by atoms with Crippen molar-refractivity contribution in [3.8, 4) is 0 Å². The van der Waals surface area contributed by atoms with Gasteiger partial charge in [0, 0.05) is 25.4 Å². The Hall–Kier alpha value is -0.370. The predicted octanol–water partition coefficient (Wildman–Crippen LogP) is 2.77. The molecule has 88 valence electrons. The quantitative estimate of drug-likeness (QED) is 0.684. The first-order chi connectivity index (χ1) is 7.20. The Bertz CT molecular complexity index is 189. The Kier molecular flexibility index (Phi) is 5.92. The summed E-state index contributed by atoms with van der Waals surface area (Å²) in [5.74, 6) is 1.62. The minimum absolute atomic E-state index is 0.317. The first-order valence-corrected chi connectivity index (χ1v) is 6.43. The van der Waals surface area contributed by atoms with Crippen molar-refractivity contribution in [3.63, 3.8) is 0 Å². The maximum atomic E-state index is 11.5. The monoisotopic (exact) mass is 211 g/mol. The van der Waals surface area contributed by atoms with Crippen LogP contribution in [0, 0.1) is 11.8 Å². The molecule has 15 heavy (non-hydrogen) atoms. The molecule has 1 fully saturated rings. The van der Waals surface area contributed by atoms with Crippen molar-refractivity contribution in [1.29, 1.82) is 0 Å². The number of nitrogens with one attached hydrogen (secondary N) is 1. The molecule has 0 amide bonds. The fraction of sp³-hybridized carbons (Fsp3) is 0.923. The Balaban J connectivity index is 2.01. The van der Waals surface area contributed by atoms with Crippen LogP contribution < -0.4 is 5.32 Å². The van der Waals surface area contributed by atoms with E-state index in [4.69, 9.17) is 0 Å². The first kappa shape index (κ1) is 12.7. The molecular weight excluding hydrogens is 186 g/mol. The number of carbonyl (C=O) groups excluding carboxylic acids is 1. The van der Waals surface area contributed by atoms with Crippen LogP contribution in [0.15, 0.2) is 0 Å². The zero-order valence-electron chi connectivity index (χ0n) is 10.2. The molecule has 0 aromatic carbocycles. The van der Waals surface area contributed by atoms with E-state index < -0.39 is 0 Å². The van der Waals surface area contributed by atoms with E-state index in [0.717, 1.165) is 31.8 Å². The number of hydrogen-bond acceptors (Lipinski definition) is 2. The maximum Gasteiger partial charge on any atom is 0.138 e. The second-order valence-corrected chi connectivity index (χ2v) is 5.15. The van der Waals surface area contributed by atoms with Crippen molar-refractivity contribution in [2.24, 2.45) is 11.8 Å². The van der Waals surface area contributed by atoms with Crippen molar-refractivity contribution in [2.45, 2.75) is 52.4 Å². The van der Waals surface area contributed by atoms with Gasteiger partial charge in [-0.1, -0.05) is 39.5 Å². The van der Waals surface area contributed by atoms with Gasteiger partial charge in [0.15, 0.2) is 0 Å². The molecule has 0 aromatic heterocycles. The second-order valence-electron chi connectivity index (χ2n) is 5.15. The van der Waals surface area contributed by atoms with Crippen LogP contribution in [-0.2, 0) is 4.79 Å². The van der Waals surface area contributed by atoms with Gasteiger partial charge < -0.3 is 5.32 Å². The average Bonchev–Trinajstić information content (AvgIpc) is 2.20. The van der Waals surface area contributed by atoms with Crippen LogP contribution in [0.1, 0.15) is 52.4 Å². The van der Waals surface area contributed by atoms with Gasteiger partial charge in [0.1, 0.15) is 5.78 Å². The molecule has 1 aliphatic rings. The number of unbranched alkanes of at least 4 members (excludes halogenated alkanes) is 2. The average molecular weight is 211 g/mol. The van der Waals surface area contributed by atoms with Gasteiger partial charge in [0.05, 0.1) is 0 Å². The van der Waals surface area contributed by atoms with Gasteiger partial charge in [-0.15, -0.1) is 0 Å². The normalized spacial score (nSPS) is 22.3. The molecule has 0 radical (unpaired) electrons. The summed E-state index contributed by atoms with van der Waals surface area (Å²) in [7, 11) is 0. The fourth-order valence-electron chi connectivity index (χ4n) is 2.19. The summed E-state index contributed by atoms with van der Waals surface area (Å²) in [5.41, 5.74) is 0. The molecule has 0 saturated carbocycles. The maximum absolute atomic E-state index is 11.5. The number of piperidine rings is 1. The molecular formula is C13H25NO. The lowest BCUT2D eigenvalue weighted by atomic mass is 9.92. The number of carbonyl (C=O) groups is 1. The van der Waals surface area contributed by atoms with E-state index in [2.05, 4.69) is 19.2 Å². The predicted molar refractivity (Wildman–Crippen MR) is 63.9 cm³/mol. The van der Waals surface area contributed by atoms with E-state index in [1.807, 2.05) is 0 Å². The zero-order valence-corrected chi connectivity index (χ0v) is 10.2. The van der Waals surface area contributed by atoms with E-state index in [1.165, 1.54) is 25.7 Å². The van der Waals surface area contributed by atoms with E-state index in [-0.39, 0.29) is 0 Å². The Morgan fingerprint density at radius 1 is 1.33 bits per heavy atom. The summed E-state index contributed by atoms with van der Waals surface area (Å²) in [5, 5.41) is 3.30. The van der Waals surface area contributed by atoms with Crippen molar-refractivity contribution < 1.29 is 4.79 Å². The molecule has 1 unspecified atom stereocenters. The molecule has 1 rings (SSSR count). The lowest BCUT2D eigenvalue weighted by molar-refractivity contribution is -0.124. The largest absolute Gasteiger partial charge is 0.316 e. The van der Waals surface area contributed by atoms with Gasteiger partial charge in [-0.05, 0) is 12.3 Å². The van der Waals surface area contributed by atoms with Crippen molar-refractivity contribution in [1.82, 2.24) is 5.32 Å². The molecule has 0 bridgehead atoms. The number of rotatable bonds is 6. The molecule has 1 aliphatic heterocycles. The Labute approximate surface area is 93.8 Å². The summed E-state index contributed by atoms with van der Waals surface area (Å²) in [6, 6.07) is 0. The SMILES string of the molecule is CC(C)CCCCCC1CNCCC1=O. The van der Waals surface area contributed by atoms with Gasteiger partial charge in [-0.25, -0.2) is 0 Å². The van der Waals surface area contributed by atoms with Crippen molar-refractivity contribution in [2.75, 3.05) is 13.1 Å². The summed E-state index contributed by atoms with van der Waals surface area (Å²) >= 11 is 0. The molecule has 1 saturated heterocycles. The first-order valence-electron chi connectivity index (χ1n) is 6.43. The third-order valence-electron chi connectivity index (χ3n) is 3.23. The third-order valence-corrected chi connectivity index (χ3v) is 3.23. The highest BCUT2D eigenvalue weighted by molar-refractivity contribution is 5.82. The summed E-state index contributed by atoms with van der Waals surface area (Å²) in [4.78, 5) is 11.5. The standard InChI is InChI=1S/C13H25NO/c1-11(2)6-4-3-5-7-12-10-14-9-8-13(12)15/h11-12,14H,3-10H2,1-2H3. The number of hydrogen-bond donors (Lipinski definition) is 1. The van der Waals surface area contributed by atoms with E-state index >= 15 is 0 Å². The van der Waals surface area contributed by atoms with Crippen LogP contribution in [-0.4, -0.2) is 18.9 Å². The number of ketones is 1. The highest BCUT2D eigenvalue weighted by atomic mass is 16.1. The van der Waals surface area contributed by atoms with Crippen LogP contribution in [0.3, 0.4) is 0 Å². The smallest absolute Gasteiger partial charge is 0.138 e. The van der Waals surface area contributed by atoms with E-state index in [0.29, 0.717) is 11.7 Å². The Morgan fingerprint density at radius 3 is 2.80 bits per heavy atom. The van der Waals surface area contributed by atoms with Gasteiger partial charge in [-0.3, -0.25) is 4.79 Å². The second kappa shape index (κ2) is 7.00. The molecule has 0 aromatic rings. The lowest BCUT2D eigenvalue weighted by Gasteiger charge is -2.21. The van der Waals surface area contributed by atoms with Gasteiger partial charge in [0.2, 0.25) is 0 Å². The van der Waals surface area contributed by atoms with Crippen LogP contribution in [0.5, 0.6) is 0 Å². The molecule has 2 nitrogen and oxygen atoms in total. The Morgan fingerprint density at radius 2 is 2.13 bits per heavy atom. The zero-order chi connectivity index (χ0) is 11.1. The van der Waals surface area contributed by atoms with E-state index in [9.17, 15) is 4.79 Å². The van der Waals surface area contributed by atoms with Crippen LogP contribution in [0.4, 0.5) is 0 Å². The number of Topliss-reactive ketones (excluding diaryl/α,β-unsaturated/α-hetero) is 1. The van der Waals surface area contributed by atoms with Gasteiger partial charge in [-0.2, -0.15) is 0 Å². The third kappa shape index (κ3) is 5.31. The lowest BCUT2D eigenvalue weighted by Crippen LogP contribution is -2.36. The van der Waals surface area contributed by atoms with Crippen LogP contribution in [0.2, 0.25) is 0 Å². The summed E-state index contributed by atoms with van der Waals surface area (Å²) in [6.07, 6.45) is 7.02. The summed E-state index contributed by atoms with van der Waals surface area (Å²) < 4.78 is 0. The fourth-order valence-corrected chi connectivity index (χ4v) is 2.19. The molecule has 0 aliphatic carbocycles. The molecule has 0 spiro atoms. The van der Waals surface area contributed by atoms with Gasteiger partial charge in [0.25, 0.3) is 0 Å². The van der Waals surface area contributed by atoms with Crippen molar-refractivity contribution >= 4 is 5.78 Å². The molecule has 1 heterocycles. The van der Waals surface area contributed by atoms with Gasteiger partial charge >= 0.3 is 0 Å². The topological polar surface area (TPSA) is 29.1 Å². The van der Waals surface area contributed by atoms with Crippen LogP contribution in [0.25, 0.3) is 0 Å². The minimum atomic E-state index is 0.317. The molecule has 1 atom stereocenters. The highest BCUT2D eigenvalue weighted by Crippen LogP contribution is 2.16. The van der Waals surface area contributed by atoms with E-state index in [1.54, 1.807) is 0 Å². The van der Waals surface area contributed by atoms with Crippen molar-refractivity contribution in [3.05, 3.63) is 0 Å².